The van der Waals surface area contributed by atoms with Gasteiger partial charge in [0.05, 0.1) is 17.8 Å². The molecule has 1 N–H and O–H groups in total. The lowest BCUT2D eigenvalue weighted by Crippen LogP contribution is -2.05. The Morgan fingerprint density at radius 2 is 2.21 bits per heavy atom. The molecule has 0 radical (unpaired) electrons. The molecule has 78 valence electrons. The van der Waals surface area contributed by atoms with Crippen LogP contribution in [0.3, 0.4) is 0 Å². The minimum Gasteiger partial charge on any atom is -0.481 e. The molecule has 0 aliphatic carbocycles. The second-order valence-corrected chi connectivity index (χ2v) is 3.55. The molecule has 1 rings (SSSR count). The Bertz CT molecular complexity index is 331. The molecule has 0 saturated heterocycles. The summed E-state index contributed by atoms with van der Waals surface area (Å²) in [7, 11) is 0. The normalized spacial score (nSPS) is 10.9. The third-order valence-corrected chi connectivity index (χ3v) is 2.09. The molecular formula is C9H15N3O2. The third-order valence-electron chi connectivity index (χ3n) is 2.09. The summed E-state index contributed by atoms with van der Waals surface area (Å²) in [5.41, 5.74) is 1.74. The van der Waals surface area contributed by atoms with E-state index in [0.29, 0.717) is 6.42 Å². The molecule has 0 unspecified atom stereocenters. The maximum absolute atomic E-state index is 10.4. The Labute approximate surface area is 82.7 Å². The number of hydrogen-bond donors (Lipinski definition) is 1. The van der Waals surface area contributed by atoms with Gasteiger partial charge < -0.3 is 5.11 Å². The van der Waals surface area contributed by atoms with Crippen LogP contribution in [0.1, 0.15) is 37.7 Å². The van der Waals surface area contributed by atoms with Crippen LogP contribution in [-0.2, 0) is 11.2 Å². The summed E-state index contributed by atoms with van der Waals surface area (Å²) in [4.78, 5) is 10.4. The summed E-state index contributed by atoms with van der Waals surface area (Å²) in [6.07, 6.45) is 0.561. The zero-order valence-corrected chi connectivity index (χ0v) is 8.69. The first kappa shape index (κ1) is 10.7. The largest absolute Gasteiger partial charge is 0.481 e. The number of aromatic nitrogens is 3. The van der Waals surface area contributed by atoms with Gasteiger partial charge in [-0.05, 0) is 20.8 Å². The molecule has 5 nitrogen and oxygen atoms in total. The van der Waals surface area contributed by atoms with Gasteiger partial charge in [-0.2, -0.15) is 0 Å². The van der Waals surface area contributed by atoms with Crippen molar-refractivity contribution in [2.24, 2.45) is 0 Å². The minimum absolute atomic E-state index is 0.109. The van der Waals surface area contributed by atoms with Gasteiger partial charge in [0.2, 0.25) is 0 Å². The number of rotatable bonds is 4. The number of carboxylic acids is 1. The van der Waals surface area contributed by atoms with Crippen LogP contribution in [0, 0.1) is 6.92 Å². The highest BCUT2D eigenvalue weighted by Crippen LogP contribution is 2.11. The van der Waals surface area contributed by atoms with Gasteiger partial charge in [0, 0.05) is 12.5 Å². The topological polar surface area (TPSA) is 68.0 Å². The fourth-order valence-electron chi connectivity index (χ4n) is 1.32. The van der Waals surface area contributed by atoms with E-state index in [9.17, 15) is 4.79 Å². The summed E-state index contributed by atoms with van der Waals surface area (Å²) in [6, 6.07) is 0.265. The average molecular weight is 197 g/mol. The molecule has 1 aromatic heterocycles. The molecule has 0 bridgehead atoms. The summed E-state index contributed by atoms with van der Waals surface area (Å²) in [6.45, 7) is 5.95. The summed E-state index contributed by atoms with van der Waals surface area (Å²) < 4.78 is 1.80. The van der Waals surface area contributed by atoms with E-state index < -0.39 is 5.97 Å². The Hall–Kier alpha value is -1.39. The van der Waals surface area contributed by atoms with E-state index in [1.807, 2.05) is 20.8 Å². The number of nitrogens with zero attached hydrogens (tertiary/aromatic N) is 3. The highest BCUT2D eigenvalue weighted by molar-refractivity contribution is 5.66. The first-order valence-electron chi connectivity index (χ1n) is 4.64. The maximum atomic E-state index is 10.4. The number of aliphatic carboxylic acids is 1. The van der Waals surface area contributed by atoms with E-state index >= 15 is 0 Å². The van der Waals surface area contributed by atoms with E-state index in [2.05, 4.69) is 10.3 Å². The van der Waals surface area contributed by atoms with Gasteiger partial charge in [0.15, 0.2) is 0 Å². The fraction of sp³-hybridized carbons (Fsp3) is 0.667. The van der Waals surface area contributed by atoms with Crippen molar-refractivity contribution in [3.05, 3.63) is 11.4 Å². The van der Waals surface area contributed by atoms with Crippen molar-refractivity contribution in [3.8, 4) is 0 Å². The molecule has 1 aromatic rings. The lowest BCUT2D eigenvalue weighted by atomic mass is 10.2. The summed E-state index contributed by atoms with van der Waals surface area (Å²) in [5, 5.41) is 16.5. The molecule has 0 aromatic carbocycles. The number of carbonyl (C=O) groups is 1. The molecule has 0 aliphatic rings. The highest BCUT2D eigenvalue weighted by Gasteiger charge is 2.11. The van der Waals surface area contributed by atoms with Crippen LogP contribution in [0.5, 0.6) is 0 Å². The maximum Gasteiger partial charge on any atom is 0.303 e. The van der Waals surface area contributed by atoms with Gasteiger partial charge in [-0.1, -0.05) is 5.21 Å². The van der Waals surface area contributed by atoms with E-state index in [1.165, 1.54) is 0 Å². The quantitative estimate of drug-likeness (QED) is 0.787. The predicted octanol–water partition coefficient (Wildman–Crippen LogP) is 1.18. The van der Waals surface area contributed by atoms with E-state index in [0.717, 1.165) is 11.4 Å². The number of hydrogen-bond acceptors (Lipinski definition) is 3. The van der Waals surface area contributed by atoms with E-state index in [-0.39, 0.29) is 12.5 Å². The molecule has 0 amide bonds. The molecule has 0 saturated carbocycles. The van der Waals surface area contributed by atoms with Gasteiger partial charge in [0.25, 0.3) is 0 Å². The lowest BCUT2D eigenvalue weighted by Gasteiger charge is -2.06. The van der Waals surface area contributed by atoms with Gasteiger partial charge >= 0.3 is 5.97 Å². The van der Waals surface area contributed by atoms with Crippen molar-refractivity contribution in [3.63, 3.8) is 0 Å². The first-order valence-corrected chi connectivity index (χ1v) is 4.64. The number of carboxylic acid groups (broad SMARTS) is 1. The smallest absolute Gasteiger partial charge is 0.303 e. The van der Waals surface area contributed by atoms with Crippen molar-refractivity contribution in [1.29, 1.82) is 0 Å². The van der Waals surface area contributed by atoms with Crippen LogP contribution in [0.25, 0.3) is 0 Å². The zero-order valence-electron chi connectivity index (χ0n) is 8.69. The van der Waals surface area contributed by atoms with Gasteiger partial charge in [-0.25, -0.2) is 4.68 Å². The van der Waals surface area contributed by atoms with Crippen LogP contribution < -0.4 is 0 Å². The van der Waals surface area contributed by atoms with E-state index in [4.69, 9.17) is 5.11 Å². The predicted molar refractivity (Wildman–Crippen MR) is 51.1 cm³/mol. The molecule has 0 spiro atoms. The Balaban J connectivity index is 2.74. The van der Waals surface area contributed by atoms with Crippen molar-refractivity contribution in [2.75, 3.05) is 0 Å². The van der Waals surface area contributed by atoms with E-state index in [1.54, 1.807) is 4.68 Å². The monoisotopic (exact) mass is 197 g/mol. The minimum atomic E-state index is -0.802. The van der Waals surface area contributed by atoms with Crippen LogP contribution in [0.4, 0.5) is 0 Å². The SMILES string of the molecule is Cc1c(CCC(=O)O)nnn1C(C)C. The Kier molecular flexibility index (Phi) is 3.22. The second-order valence-electron chi connectivity index (χ2n) is 3.55. The van der Waals surface area contributed by atoms with Gasteiger partial charge in [-0.3, -0.25) is 4.79 Å². The highest BCUT2D eigenvalue weighted by atomic mass is 16.4. The molecule has 0 aliphatic heterocycles. The molecule has 5 heteroatoms. The Morgan fingerprint density at radius 1 is 1.57 bits per heavy atom. The summed E-state index contributed by atoms with van der Waals surface area (Å²) >= 11 is 0. The number of aryl methyl sites for hydroxylation is 1. The standard InChI is InChI=1S/C9H15N3O2/c1-6(2)12-7(3)8(10-11-12)4-5-9(13)14/h6H,4-5H2,1-3H3,(H,13,14). The van der Waals surface area contributed by atoms with Gasteiger partial charge in [-0.15, -0.1) is 5.10 Å². The zero-order chi connectivity index (χ0) is 10.7. The van der Waals surface area contributed by atoms with Crippen molar-refractivity contribution in [1.82, 2.24) is 15.0 Å². The second kappa shape index (κ2) is 4.21. The van der Waals surface area contributed by atoms with Crippen LogP contribution >= 0.6 is 0 Å². The van der Waals surface area contributed by atoms with Crippen LogP contribution in [0.15, 0.2) is 0 Å². The Morgan fingerprint density at radius 3 is 2.64 bits per heavy atom. The molecular weight excluding hydrogens is 182 g/mol. The van der Waals surface area contributed by atoms with Gasteiger partial charge in [0.1, 0.15) is 0 Å². The molecule has 14 heavy (non-hydrogen) atoms. The third kappa shape index (κ3) is 2.31. The fourth-order valence-corrected chi connectivity index (χ4v) is 1.32. The molecule has 1 heterocycles. The average Bonchev–Trinajstić information content (AvgIpc) is 2.43. The van der Waals surface area contributed by atoms with Crippen molar-refractivity contribution >= 4 is 5.97 Å². The molecule has 0 fully saturated rings. The first-order chi connectivity index (χ1) is 6.52. The summed E-state index contributed by atoms with van der Waals surface area (Å²) in [5.74, 6) is -0.802. The van der Waals surface area contributed by atoms with Crippen molar-refractivity contribution < 1.29 is 9.90 Å². The van der Waals surface area contributed by atoms with Crippen LogP contribution in [0.2, 0.25) is 0 Å². The van der Waals surface area contributed by atoms with Crippen molar-refractivity contribution in [2.45, 2.75) is 39.7 Å². The lowest BCUT2D eigenvalue weighted by molar-refractivity contribution is -0.136. The van der Waals surface area contributed by atoms with Crippen LogP contribution in [-0.4, -0.2) is 26.1 Å². The molecule has 0 atom stereocenters.